The van der Waals surface area contributed by atoms with Crippen molar-refractivity contribution in [1.29, 1.82) is 0 Å². The van der Waals surface area contributed by atoms with Crippen LogP contribution < -0.4 is 14.2 Å². The van der Waals surface area contributed by atoms with Crippen LogP contribution in [0.3, 0.4) is 0 Å². The normalized spacial score (nSPS) is 12.9. The van der Waals surface area contributed by atoms with Crippen LogP contribution in [0.5, 0.6) is 11.5 Å². The quantitative estimate of drug-likeness (QED) is 0.832. The van der Waals surface area contributed by atoms with Gasteiger partial charge in [-0.15, -0.1) is 0 Å². The monoisotopic (exact) mass is 349 g/mol. The van der Waals surface area contributed by atoms with E-state index in [-0.39, 0.29) is 16.9 Å². The average molecular weight is 349 g/mol. The molecule has 2 rings (SSSR count). The third-order valence-corrected chi connectivity index (χ3v) is 5.25. The maximum absolute atomic E-state index is 12.7. The van der Waals surface area contributed by atoms with E-state index in [0.717, 1.165) is 11.3 Å². The SMILES string of the molecule is COc1ccc([C@@H](NS(=O)(=O)c2ccc(OC)cc2)C(C)C)cc1. The number of ether oxygens (including phenoxy) is 2. The standard InChI is InChI=1S/C18H23NO4S/c1-13(2)18(14-5-7-15(22-3)8-6-14)19-24(20,21)17-11-9-16(23-4)10-12-17/h5-13,18-19H,1-4H3/t18-/m0/s1. The minimum atomic E-state index is -3.63. The van der Waals surface area contributed by atoms with Gasteiger partial charge in [0.05, 0.1) is 19.1 Å². The topological polar surface area (TPSA) is 64.6 Å². The number of hydrogen-bond donors (Lipinski definition) is 1. The van der Waals surface area contributed by atoms with Crippen LogP contribution in [0.4, 0.5) is 0 Å². The van der Waals surface area contributed by atoms with Gasteiger partial charge in [0.15, 0.2) is 0 Å². The molecule has 0 aliphatic rings. The summed E-state index contributed by atoms with van der Waals surface area (Å²) in [6, 6.07) is 13.4. The summed E-state index contributed by atoms with van der Waals surface area (Å²) in [7, 11) is -0.490. The Morgan fingerprint density at radius 3 is 1.71 bits per heavy atom. The maximum Gasteiger partial charge on any atom is 0.241 e. The van der Waals surface area contributed by atoms with Crippen LogP contribution in [0.15, 0.2) is 53.4 Å². The van der Waals surface area contributed by atoms with Crippen molar-refractivity contribution in [1.82, 2.24) is 4.72 Å². The zero-order valence-electron chi connectivity index (χ0n) is 14.3. The first-order chi connectivity index (χ1) is 11.4. The lowest BCUT2D eigenvalue weighted by Crippen LogP contribution is -2.31. The van der Waals surface area contributed by atoms with Gasteiger partial charge in [0.1, 0.15) is 11.5 Å². The number of benzene rings is 2. The van der Waals surface area contributed by atoms with Crippen molar-refractivity contribution >= 4 is 10.0 Å². The fraction of sp³-hybridized carbons (Fsp3) is 0.333. The largest absolute Gasteiger partial charge is 0.497 e. The molecule has 0 heterocycles. The minimum Gasteiger partial charge on any atom is -0.497 e. The fourth-order valence-electron chi connectivity index (χ4n) is 2.39. The van der Waals surface area contributed by atoms with Gasteiger partial charge in [0.25, 0.3) is 0 Å². The molecule has 2 aromatic carbocycles. The van der Waals surface area contributed by atoms with Crippen LogP contribution in [-0.4, -0.2) is 22.6 Å². The second-order valence-electron chi connectivity index (χ2n) is 5.79. The molecule has 0 unspecified atom stereocenters. The molecule has 0 amide bonds. The van der Waals surface area contributed by atoms with Gasteiger partial charge in [0.2, 0.25) is 10.0 Å². The predicted octanol–water partition coefficient (Wildman–Crippen LogP) is 3.38. The zero-order valence-corrected chi connectivity index (χ0v) is 15.1. The van der Waals surface area contributed by atoms with E-state index in [4.69, 9.17) is 9.47 Å². The van der Waals surface area contributed by atoms with Gasteiger partial charge in [-0.25, -0.2) is 13.1 Å². The fourth-order valence-corrected chi connectivity index (χ4v) is 3.76. The van der Waals surface area contributed by atoms with E-state index in [1.165, 1.54) is 12.1 Å². The Balaban J connectivity index is 2.27. The Hall–Kier alpha value is -2.05. The Morgan fingerprint density at radius 2 is 1.29 bits per heavy atom. The number of nitrogens with one attached hydrogen (secondary N) is 1. The molecule has 2 aromatic rings. The molecule has 0 radical (unpaired) electrons. The van der Waals surface area contributed by atoms with Crippen LogP contribution in [0, 0.1) is 5.92 Å². The molecule has 0 spiro atoms. The molecular weight excluding hydrogens is 326 g/mol. The van der Waals surface area contributed by atoms with Gasteiger partial charge in [-0.1, -0.05) is 26.0 Å². The lowest BCUT2D eigenvalue weighted by molar-refractivity contribution is 0.413. The van der Waals surface area contributed by atoms with Crippen LogP contribution in [-0.2, 0) is 10.0 Å². The lowest BCUT2D eigenvalue weighted by atomic mass is 9.97. The van der Waals surface area contributed by atoms with Crippen molar-refractivity contribution in [3.8, 4) is 11.5 Å². The van der Waals surface area contributed by atoms with Crippen molar-refractivity contribution in [3.05, 3.63) is 54.1 Å². The van der Waals surface area contributed by atoms with Gasteiger partial charge in [0, 0.05) is 6.04 Å². The van der Waals surface area contributed by atoms with Gasteiger partial charge >= 0.3 is 0 Å². The molecule has 130 valence electrons. The highest BCUT2D eigenvalue weighted by Gasteiger charge is 2.24. The van der Waals surface area contributed by atoms with Crippen LogP contribution >= 0.6 is 0 Å². The molecule has 0 aliphatic carbocycles. The van der Waals surface area contributed by atoms with E-state index in [0.29, 0.717) is 5.75 Å². The molecule has 6 heteroatoms. The van der Waals surface area contributed by atoms with E-state index in [1.54, 1.807) is 26.4 Å². The van der Waals surface area contributed by atoms with Gasteiger partial charge in [-0.2, -0.15) is 0 Å². The number of rotatable bonds is 7. The summed E-state index contributed by atoms with van der Waals surface area (Å²) in [5, 5.41) is 0. The summed E-state index contributed by atoms with van der Waals surface area (Å²) in [6.07, 6.45) is 0. The molecule has 1 atom stereocenters. The first-order valence-electron chi connectivity index (χ1n) is 7.67. The summed E-state index contributed by atoms with van der Waals surface area (Å²) in [5.74, 6) is 1.44. The highest BCUT2D eigenvalue weighted by atomic mass is 32.2. The molecule has 1 N–H and O–H groups in total. The maximum atomic E-state index is 12.7. The van der Waals surface area contributed by atoms with Gasteiger partial charge < -0.3 is 9.47 Å². The molecule has 5 nitrogen and oxygen atoms in total. The van der Waals surface area contributed by atoms with Crippen molar-refractivity contribution < 1.29 is 17.9 Å². The summed E-state index contributed by atoms with van der Waals surface area (Å²) in [6.45, 7) is 3.96. The molecule has 0 bridgehead atoms. The Kier molecular flexibility index (Phi) is 5.85. The highest BCUT2D eigenvalue weighted by Crippen LogP contribution is 2.26. The summed E-state index contributed by atoms with van der Waals surface area (Å²) < 4.78 is 38.3. The lowest BCUT2D eigenvalue weighted by Gasteiger charge is -2.23. The Morgan fingerprint density at radius 1 is 0.833 bits per heavy atom. The molecule has 0 aliphatic heterocycles. The summed E-state index contributed by atoms with van der Waals surface area (Å²) in [5.41, 5.74) is 0.892. The van der Waals surface area contributed by atoms with E-state index < -0.39 is 10.0 Å². The average Bonchev–Trinajstić information content (AvgIpc) is 2.59. The van der Waals surface area contributed by atoms with Gasteiger partial charge in [-0.05, 0) is 47.9 Å². The first kappa shape index (κ1) is 18.3. The smallest absolute Gasteiger partial charge is 0.241 e. The Labute approximate surface area is 143 Å². The summed E-state index contributed by atoms with van der Waals surface area (Å²) in [4.78, 5) is 0.211. The van der Waals surface area contributed by atoms with Crippen molar-refractivity contribution in [3.63, 3.8) is 0 Å². The molecule has 0 saturated heterocycles. The van der Waals surface area contributed by atoms with E-state index >= 15 is 0 Å². The van der Waals surface area contributed by atoms with Crippen molar-refractivity contribution in [2.24, 2.45) is 5.92 Å². The minimum absolute atomic E-state index is 0.0893. The van der Waals surface area contributed by atoms with Crippen LogP contribution in [0.25, 0.3) is 0 Å². The van der Waals surface area contributed by atoms with Crippen molar-refractivity contribution in [2.75, 3.05) is 14.2 Å². The summed E-state index contributed by atoms with van der Waals surface area (Å²) >= 11 is 0. The second-order valence-corrected chi connectivity index (χ2v) is 7.51. The molecule has 24 heavy (non-hydrogen) atoms. The first-order valence-corrected chi connectivity index (χ1v) is 9.16. The molecular formula is C18H23NO4S. The van der Waals surface area contributed by atoms with Crippen LogP contribution in [0.1, 0.15) is 25.5 Å². The molecule has 0 saturated carbocycles. The third kappa shape index (κ3) is 4.27. The molecule has 0 aromatic heterocycles. The number of sulfonamides is 1. The van der Waals surface area contributed by atoms with Crippen molar-refractivity contribution in [2.45, 2.75) is 24.8 Å². The van der Waals surface area contributed by atoms with E-state index in [2.05, 4.69) is 4.72 Å². The highest BCUT2D eigenvalue weighted by molar-refractivity contribution is 7.89. The van der Waals surface area contributed by atoms with Gasteiger partial charge in [-0.3, -0.25) is 0 Å². The predicted molar refractivity (Wildman–Crippen MR) is 93.9 cm³/mol. The Bertz CT molecular complexity index is 753. The second kappa shape index (κ2) is 7.68. The zero-order chi connectivity index (χ0) is 17.7. The third-order valence-electron chi connectivity index (χ3n) is 3.79. The van der Waals surface area contributed by atoms with Crippen LogP contribution in [0.2, 0.25) is 0 Å². The van der Waals surface area contributed by atoms with E-state index in [9.17, 15) is 8.42 Å². The molecule has 0 fully saturated rings. The number of hydrogen-bond acceptors (Lipinski definition) is 4. The van der Waals surface area contributed by atoms with E-state index in [1.807, 2.05) is 38.1 Å². The number of methoxy groups -OCH3 is 2.